The molecule has 0 unspecified atom stereocenters. The molecule has 1 fully saturated rings. The van der Waals surface area contributed by atoms with Crippen LogP contribution < -0.4 is 5.56 Å². The summed E-state index contributed by atoms with van der Waals surface area (Å²) < 4.78 is 8.06. The molecule has 30 heavy (non-hydrogen) atoms. The van der Waals surface area contributed by atoms with Gasteiger partial charge in [0.2, 0.25) is 5.91 Å². The number of amides is 1. The second kappa shape index (κ2) is 7.42. The van der Waals surface area contributed by atoms with Crippen molar-refractivity contribution in [3.63, 3.8) is 0 Å². The molecule has 3 aromatic rings. The van der Waals surface area contributed by atoms with E-state index >= 15 is 0 Å². The Hall–Kier alpha value is -2.32. The van der Waals surface area contributed by atoms with Gasteiger partial charge in [-0.25, -0.2) is 9.97 Å². The number of piperidine rings is 1. The van der Waals surface area contributed by atoms with Crippen molar-refractivity contribution < 1.29 is 9.53 Å². The Morgan fingerprint density at radius 1 is 1.30 bits per heavy atom. The van der Waals surface area contributed by atoms with Crippen molar-refractivity contribution in [1.29, 1.82) is 0 Å². The second-order valence-corrected chi connectivity index (χ2v) is 9.61. The molecule has 1 saturated heterocycles. The number of likely N-dealkylation sites (tertiary alicyclic amines) is 1. The molecule has 2 aliphatic heterocycles. The smallest absolute Gasteiger partial charge is 0.271 e. The van der Waals surface area contributed by atoms with Crippen LogP contribution in [0.4, 0.5) is 0 Å². The molecule has 0 spiro atoms. The topological polar surface area (TPSA) is 77.3 Å². The lowest BCUT2D eigenvalue weighted by molar-refractivity contribution is -0.132. The lowest BCUT2D eigenvalue weighted by Crippen LogP contribution is -2.39. The molecule has 5 heterocycles. The summed E-state index contributed by atoms with van der Waals surface area (Å²) in [4.78, 5) is 37.8. The Morgan fingerprint density at radius 3 is 2.87 bits per heavy atom. The van der Waals surface area contributed by atoms with Crippen LogP contribution >= 0.6 is 11.3 Å². The monoisotopic (exact) mass is 426 g/mol. The van der Waals surface area contributed by atoms with Gasteiger partial charge in [-0.2, -0.15) is 0 Å². The Morgan fingerprint density at radius 2 is 2.10 bits per heavy atom. The zero-order valence-electron chi connectivity index (χ0n) is 17.4. The number of pyridine rings is 1. The highest BCUT2D eigenvalue weighted by Crippen LogP contribution is 2.35. The van der Waals surface area contributed by atoms with Crippen molar-refractivity contribution >= 4 is 37.7 Å². The van der Waals surface area contributed by atoms with E-state index in [1.54, 1.807) is 0 Å². The largest absolute Gasteiger partial charge is 0.370 e. The maximum Gasteiger partial charge on any atom is 0.271 e. The summed E-state index contributed by atoms with van der Waals surface area (Å²) in [6, 6.07) is 2.07. The van der Waals surface area contributed by atoms with Crippen LogP contribution in [0.1, 0.15) is 50.8 Å². The van der Waals surface area contributed by atoms with Crippen molar-refractivity contribution in [2.24, 2.45) is 0 Å². The maximum absolute atomic E-state index is 13.1. The first kappa shape index (κ1) is 19.6. The first-order valence-corrected chi connectivity index (χ1v) is 11.5. The van der Waals surface area contributed by atoms with E-state index in [4.69, 9.17) is 9.72 Å². The van der Waals surface area contributed by atoms with Crippen molar-refractivity contribution in [1.82, 2.24) is 19.4 Å². The van der Waals surface area contributed by atoms with E-state index in [-0.39, 0.29) is 23.6 Å². The van der Waals surface area contributed by atoms with Gasteiger partial charge in [-0.3, -0.25) is 14.2 Å². The highest BCUT2D eigenvalue weighted by molar-refractivity contribution is 7.25. The fourth-order valence-corrected chi connectivity index (χ4v) is 5.41. The van der Waals surface area contributed by atoms with Crippen LogP contribution in [0, 0.1) is 0 Å². The number of carbonyl (C=O) groups excluding carboxylic acids is 1. The SMILES string of the molecule is CC[C@@]1(C)Cc2nc3sc4c(=O)n(CC(=O)N5CCCCC5)cnc4c3cc2CO1. The third-order valence-electron chi connectivity index (χ3n) is 6.49. The summed E-state index contributed by atoms with van der Waals surface area (Å²) in [5, 5.41) is 0.893. The lowest BCUT2D eigenvalue weighted by atomic mass is 9.91. The molecule has 8 heteroatoms. The molecule has 158 valence electrons. The quantitative estimate of drug-likeness (QED) is 0.642. The van der Waals surface area contributed by atoms with E-state index in [9.17, 15) is 9.59 Å². The van der Waals surface area contributed by atoms with Gasteiger partial charge in [0.25, 0.3) is 5.56 Å². The first-order valence-electron chi connectivity index (χ1n) is 10.7. The summed E-state index contributed by atoms with van der Waals surface area (Å²) in [6.45, 7) is 6.37. The van der Waals surface area contributed by atoms with Gasteiger partial charge in [0.1, 0.15) is 16.1 Å². The van der Waals surface area contributed by atoms with Gasteiger partial charge in [0.15, 0.2) is 0 Å². The summed E-state index contributed by atoms with van der Waals surface area (Å²) in [5.41, 5.74) is 2.43. The van der Waals surface area contributed by atoms with Crippen LogP contribution in [-0.4, -0.2) is 44.0 Å². The van der Waals surface area contributed by atoms with Crippen molar-refractivity contribution in [3.05, 3.63) is 34.0 Å². The molecule has 7 nitrogen and oxygen atoms in total. The number of carbonyl (C=O) groups is 1. The van der Waals surface area contributed by atoms with Crippen molar-refractivity contribution in [2.45, 2.75) is 64.7 Å². The summed E-state index contributed by atoms with van der Waals surface area (Å²) in [6.07, 6.45) is 6.43. The van der Waals surface area contributed by atoms with E-state index in [2.05, 4.69) is 24.9 Å². The molecule has 1 amide bonds. The third kappa shape index (κ3) is 3.32. The average molecular weight is 427 g/mol. The van der Waals surface area contributed by atoms with Gasteiger partial charge in [0, 0.05) is 30.5 Å². The molecule has 0 radical (unpaired) electrons. The number of aromatic nitrogens is 3. The van der Waals surface area contributed by atoms with Crippen LogP contribution in [0.3, 0.4) is 0 Å². The Kier molecular flexibility index (Phi) is 4.86. The highest BCUT2D eigenvalue weighted by Gasteiger charge is 2.31. The predicted molar refractivity (Wildman–Crippen MR) is 117 cm³/mol. The second-order valence-electron chi connectivity index (χ2n) is 8.61. The summed E-state index contributed by atoms with van der Waals surface area (Å²) in [5.74, 6) is -0.0105. The Balaban J connectivity index is 1.51. The minimum atomic E-state index is -0.190. The fourth-order valence-electron chi connectivity index (χ4n) is 4.34. The normalized spacial score (nSPS) is 21.9. The van der Waals surface area contributed by atoms with E-state index in [0.717, 1.165) is 60.2 Å². The molecule has 0 N–H and O–H groups in total. The van der Waals surface area contributed by atoms with Crippen LogP contribution in [0.5, 0.6) is 0 Å². The van der Waals surface area contributed by atoms with Gasteiger partial charge < -0.3 is 9.64 Å². The van der Waals surface area contributed by atoms with E-state index in [1.807, 2.05) is 4.90 Å². The average Bonchev–Trinajstić information content (AvgIpc) is 3.13. The number of ether oxygens (including phenoxy) is 1. The molecular weight excluding hydrogens is 400 g/mol. The molecule has 0 aliphatic carbocycles. The summed E-state index contributed by atoms with van der Waals surface area (Å²) >= 11 is 1.37. The number of hydrogen-bond acceptors (Lipinski definition) is 6. The molecule has 0 aromatic carbocycles. The van der Waals surface area contributed by atoms with Crippen LogP contribution in [0.2, 0.25) is 0 Å². The van der Waals surface area contributed by atoms with Gasteiger partial charge in [-0.1, -0.05) is 6.92 Å². The van der Waals surface area contributed by atoms with Crippen molar-refractivity contribution in [2.75, 3.05) is 13.1 Å². The summed E-state index contributed by atoms with van der Waals surface area (Å²) in [7, 11) is 0. The highest BCUT2D eigenvalue weighted by atomic mass is 32.1. The standard InChI is InChI=1S/C22H26N4O3S/c1-3-22(2)10-16-14(12-29-22)9-15-18-19(30-20(15)24-16)21(28)26(13-23-18)11-17(27)25-7-5-4-6-8-25/h9,13H,3-8,10-12H2,1-2H3/t22-/m0/s1. The fraction of sp³-hybridized carbons (Fsp3) is 0.545. The van der Waals surface area contributed by atoms with Gasteiger partial charge >= 0.3 is 0 Å². The van der Waals surface area contributed by atoms with Crippen molar-refractivity contribution in [3.8, 4) is 0 Å². The zero-order valence-corrected chi connectivity index (χ0v) is 18.3. The number of hydrogen-bond donors (Lipinski definition) is 0. The number of rotatable bonds is 3. The van der Waals surface area contributed by atoms with E-state index in [1.165, 1.54) is 28.7 Å². The molecule has 3 aromatic heterocycles. The van der Waals surface area contributed by atoms with E-state index < -0.39 is 0 Å². The van der Waals surface area contributed by atoms with Crippen LogP contribution in [-0.2, 0) is 29.1 Å². The van der Waals surface area contributed by atoms with Gasteiger partial charge in [-0.05, 0) is 38.7 Å². The molecule has 1 atom stereocenters. The Labute approximate surface area is 178 Å². The lowest BCUT2D eigenvalue weighted by Gasteiger charge is -2.33. The van der Waals surface area contributed by atoms with Crippen LogP contribution in [0.15, 0.2) is 17.2 Å². The zero-order chi connectivity index (χ0) is 20.9. The van der Waals surface area contributed by atoms with Crippen LogP contribution in [0.25, 0.3) is 20.4 Å². The molecule has 0 saturated carbocycles. The van der Waals surface area contributed by atoms with E-state index in [0.29, 0.717) is 16.8 Å². The minimum absolute atomic E-state index is 0.0105. The van der Waals surface area contributed by atoms with Gasteiger partial charge in [-0.15, -0.1) is 11.3 Å². The first-order chi connectivity index (χ1) is 14.5. The predicted octanol–water partition coefficient (Wildman–Crippen LogP) is 3.26. The molecule has 0 bridgehead atoms. The molecule has 5 rings (SSSR count). The van der Waals surface area contributed by atoms with Gasteiger partial charge in [0.05, 0.1) is 29.7 Å². The maximum atomic E-state index is 13.1. The molecule has 2 aliphatic rings. The molecular formula is C22H26N4O3S. The minimum Gasteiger partial charge on any atom is -0.370 e. The number of nitrogens with zero attached hydrogens (tertiary/aromatic N) is 4. The Bertz CT molecular complexity index is 1190. The number of thiophene rings is 1. The third-order valence-corrected chi connectivity index (χ3v) is 7.56. The number of fused-ring (bicyclic) bond motifs is 4.